The Hall–Kier alpha value is -0.890. The van der Waals surface area contributed by atoms with Crippen LogP contribution in [0.5, 0.6) is 0 Å². The van der Waals surface area contributed by atoms with E-state index in [9.17, 15) is 40.5 Å². The Morgan fingerprint density at radius 2 is 1.08 bits per heavy atom. The molecule has 0 aromatic rings. The van der Waals surface area contributed by atoms with Gasteiger partial charge < -0.3 is 50.5 Å². The molecule has 310 valence electrons. The van der Waals surface area contributed by atoms with Gasteiger partial charge in [-0.25, -0.2) is 0 Å². The maximum absolute atomic E-state index is 13.0. The molecule has 52 heavy (non-hydrogen) atoms. The van der Waals surface area contributed by atoms with Crippen LogP contribution >= 0.6 is 0 Å². The number of unbranched alkanes of at least 4 members (excludes halogenated alkanes) is 20. The van der Waals surface area contributed by atoms with Crippen molar-refractivity contribution in [2.75, 3.05) is 13.2 Å². The average molecular weight is 748 g/mol. The standard InChI is InChI=1S/C41H81NO10/c1-4-5-6-7-8-9-10-11-12-13-14-19-22-25-28-34(45)40(50)42-32(30-51-41-39(49)38(48)37(47)35(29-43)52-41)36(46)33(44)27-24-21-18-16-15-17-20-23-26-31(2)3/h31-39,41,43-49H,4-30H2,1-3H3,(H,42,50)/t32-,33+,34?,35+,36-,37+,38-,39+,41+/m0/s1. The molecule has 11 heteroatoms. The SMILES string of the molecule is CCCCCCCCCCCCCCCCC(O)C(=O)N[C@@H](CO[C@@H]1O[C@H](CO)[C@@H](O)[C@H](O)[C@H]1O)[C@H](O)[C@H](O)CCCCCCCCCCC(C)C. The number of aliphatic hydroxyl groups is 7. The predicted octanol–water partition coefficient (Wildman–Crippen LogP) is 5.80. The minimum atomic E-state index is -1.66. The topological polar surface area (TPSA) is 189 Å². The first-order chi connectivity index (χ1) is 25.0. The Balaban J connectivity index is 2.51. The van der Waals surface area contributed by atoms with E-state index in [2.05, 4.69) is 26.1 Å². The van der Waals surface area contributed by atoms with Crippen LogP contribution < -0.4 is 5.32 Å². The number of hydrogen-bond acceptors (Lipinski definition) is 10. The predicted molar refractivity (Wildman–Crippen MR) is 206 cm³/mol. The van der Waals surface area contributed by atoms with Crippen LogP contribution in [-0.4, -0.2) is 110 Å². The number of nitrogens with one attached hydrogen (secondary N) is 1. The monoisotopic (exact) mass is 748 g/mol. The fraction of sp³-hybridized carbons (Fsp3) is 0.976. The van der Waals surface area contributed by atoms with Crippen molar-refractivity contribution in [1.82, 2.24) is 5.32 Å². The van der Waals surface area contributed by atoms with Crippen molar-refractivity contribution in [2.24, 2.45) is 5.92 Å². The zero-order valence-corrected chi connectivity index (χ0v) is 33.2. The fourth-order valence-electron chi connectivity index (χ4n) is 6.98. The number of carbonyl (C=O) groups is 1. The third-order valence-electron chi connectivity index (χ3n) is 10.6. The first kappa shape index (κ1) is 49.1. The van der Waals surface area contributed by atoms with Crippen molar-refractivity contribution >= 4 is 5.91 Å². The van der Waals surface area contributed by atoms with Crippen LogP contribution in [0.15, 0.2) is 0 Å². The van der Waals surface area contributed by atoms with Crippen molar-refractivity contribution in [3.05, 3.63) is 0 Å². The molecule has 1 fully saturated rings. The highest BCUT2D eigenvalue weighted by Gasteiger charge is 2.44. The molecule has 9 atom stereocenters. The Morgan fingerprint density at radius 3 is 1.54 bits per heavy atom. The highest BCUT2D eigenvalue weighted by molar-refractivity contribution is 5.80. The lowest BCUT2D eigenvalue weighted by Crippen LogP contribution is -2.60. The highest BCUT2D eigenvalue weighted by Crippen LogP contribution is 2.23. The largest absolute Gasteiger partial charge is 0.394 e. The van der Waals surface area contributed by atoms with Gasteiger partial charge in [-0.2, -0.15) is 0 Å². The summed E-state index contributed by atoms with van der Waals surface area (Å²) in [5, 5.41) is 75.4. The molecule has 1 rings (SSSR count). The molecule has 0 aromatic heterocycles. The molecule has 1 unspecified atom stereocenters. The lowest BCUT2D eigenvalue weighted by atomic mass is 9.98. The number of hydrogen-bond donors (Lipinski definition) is 8. The lowest BCUT2D eigenvalue weighted by molar-refractivity contribution is -0.303. The zero-order valence-electron chi connectivity index (χ0n) is 33.2. The van der Waals surface area contributed by atoms with Gasteiger partial charge in [0, 0.05) is 0 Å². The van der Waals surface area contributed by atoms with Crippen molar-refractivity contribution in [2.45, 2.75) is 236 Å². The van der Waals surface area contributed by atoms with Crippen LogP contribution in [0, 0.1) is 5.92 Å². The van der Waals surface area contributed by atoms with Gasteiger partial charge in [-0.15, -0.1) is 0 Å². The molecule has 0 aliphatic carbocycles. The molecule has 1 saturated heterocycles. The molecule has 1 amide bonds. The molecular weight excluding hydrogens is 666 g/mol. The second-order valence-electron chi connectivity index (χ2n) is 15.9. The maximum atomic E-state index is 13.0. The van der Waals surface area contributed by atoms with Gasteiger partial charge in [0.15, 0.2) is 6.29 Å². The van der Waals surface area contributed by atoms with Crippen LogP contribution in [0.1, 0.15) is 181 Å². The van der Waals surface area contributed by atoms with Crippen molar-refractivity contribution in [1.29, 1.82) is 0 Å². The summed E-state index contributed by atoms with van der Waals surface area (Å²) in [6.45, 7) is 5.69. The first-order valence-corrected chi connectivity index (χ1v) is 21.3. The van der Waals surface area contributed by atoms with Crippen LogP contribution in [-0.2, 0) is 14.3 Å². The van der Waals surface area contributed by atoms with Crippen LogP contribution in [0.4, 0.5) is 0 Å². The summed E-state index contributed by atoms with van der Waals surface area (Å²) in [6.07, 6.45) is 16.0. The van der Waals surface area contributed by atoms with Crippen LogP contribution in [0.3, 0.4) is 0 Å². The van der Waals surface area contributed by atoms with E-state index in [1.54, 1.807) is 0 Å². The summed E-state index contributed by atoms with van der Waals surface area (Å²) in [5.74, 6) is 0.0505. The van der Waals surface area contributed by atoms with Gasteiger partial charge >= 0.3 is 0 Å². The van der Waals surface area contributed by atoms with E-state index >= 15 is 0 Å². The van der Waals surface area contributed by atoms with E-state index in [1.807, 2.05) is 0 Å². The molecular formula is C41H81NO10. The normalized spacial score (nSPS) is 23.1. The quantitative estimate of drug-likeness (QED) is 0.0374. The Morgan fingerprint density at radius 1 is 0.635 bits per heavy atom. The van der Waals surface area contributed by atoms with Gasteiger partial charge in [0.05, 0.1) is 25.4 Å². The first-order valence-electron chi connectivity index (χ1n) is 21.3. The average Bonchev–Trinajstić information content (AvgIpc) is 3.13. The van der Waals surface area contributed by atoms with Gasteiger partial charge in [-0.05, 0) is 18.8 Å². The molecule has 0 bridgehead atoms. The van der Waals surface area contributed by atoms with E-state index in [4.69, 9.17) is 9.47 Å². The third-order valence-corrected chi connectivity index (χ3v) is 10.6. The summed E-state index contributed by atoms with van der Waals surface area (Å²) < 4.78 is 11.0. The van der Waals surface area contributed by atoms with Gasteiger partial charge in [0.2, 0.25) is 5.91 Å². The van der Waals surface area contributed by atoms with Gasteiger partial charge in [-0.1, -0.05) is 168 Å². The van der Waals surface area contributed by atoms with E-state index in [0.29, 0.717) is 19.3 Å². The van der Waals surface area contributed by atoms with Crippen LogP contribution in [0.25, 0.3) is 0 Å². The fourth-order valence-corrected chi connectivity index (χ4v) is 6.98. The van der Waals surface area contributed by atoms with E-state index in [-0.39, 0.29) is 6.42 Å². The van der Waals surface area contributed by atoms with Gasteiger partial charge in [-0.3, -0.25) is 4.79 Å². The number of ether oxygens (including phenoxy) is 2. The van der Waals surface area contributed by atoms with E-state index < -0.39 is 74.2 Å². The van der Waals surface area contributed by atoms with Crippen molar-refractivity contribution in [3.63, 3.8) is 0 Å². The molecule has 11 nitrogen and oxygen atoms in total. The third kappa shape index (κ3) is 22.5. The summed E-state index contributed by atoms with van der Waals surface area (Å²) in [5.41, 5.74) is 0. The molecule has 0 spiro atoms. The molecule has 0 aromatic carbocycles. The second-order valence-corrected chi connectivity index (χ2v) is 15.9. The second kappa shape index (κ2) is 31.3. The Kier molecular flexibility index (Phi) is 29.6. The number of aliphatic hydroxyl groups excluding tert-OH is 7. The van der Waals surface area contributed by atoms with Crippen molar-refractivity contribution < 1.29 is 50.0 Å². The maximum Gasteiger partial charge on any atom is 0.249 e. The Labute approximate surface area is 316 Å². The van der Waals surface area contributed by atoms with Crippen LogP contribution in [0.2, 0.25) is 0 Å². The molecule has 0 radical (unpaired) electrons. The van der Waals surface area contributed by atoms with Gasteiger partial charge in [0.25, 0.3) is 0 Å². The number of carbonyl (C=O) groups excluding carboxylic acids is 1. The summed E-state index contributed by atoms with van der Waals surface area (Å²) in [7, 11) is 0. The van der Waals surface area contributed by atoms with E-state index in [0.717, 1.165) is 44.4 Å². The molecule has 1 heterocycles. The lowest BCUT2D eigenvalue weighted by Gasteiger charge is -2.40. The molecule has 1 aliphatic rings. The minimum Gasteiger partial charge on any atom is -0.394 e. The molecule has 1 aliphatic heterocycles. The molecule has 8 N–H and O–H groups in total. The van der Waals surface area contributed by atoms with E-state index in [1.165, 1.54) is 96.3 Å². The summed E-state index contributed by atoms with van der Waals surface area (Å²) in [6, 6.07) is -1.16. The minimum absolute atomic E-state index is 0.264. The summed E-state index contributed by atoms with van der Waals surface area (Å²) >= 11 is 0. The zero-order chi connectivity index (χ0) is 38.6. The van der Waals surface area contributed by atoms with Crippen molar-refractivity contribution in [3.8, 4) is 0 Å². The smallest absolute Gasteiger partial charge is 0.249 e. The highest BCUT2D eigenvalue weighted by atomic mass is 16.7. The van der Waals surface area contributed by atoms with Gasteiger partial charge in [0.1, 0.15) is 36.6 Å². The molecule has 0 saturated carbocycles. The number of amides is 1. The number of rotatable bonds is 34. The summed E-state index contributed by atoms with van der Waals surface area (Å²) in [4.78, 5) is 13.0. The Bertz CT molecular complexity index is 833.